The van der Waals surface area contributed by atoms with Gasteiger partial charge in [-0.2, -0.15) is 5.10 Å². The number of aromatic nitrogens is 2. The lowest BCUT2D eigenvalue weighted by Crippen LogP contribution is -2.39. The molecule has 1 aromatic rings. The second-order valence-corrected chi connectivity index (χ2v) is 2.93. The summed E-state index contributed by atoms with van der Waals surface area (Å²) in [5.74, 6) is -0.282. The van der Waals surface area contributed by atoms with Gasteiger partial charge in [0, 0.05) is 19.0 Å². The first-order valence-electron chi connectivity index (χ1n) is 4.13. The van der Waals surface area contributed by atoms with E-state index in [4.69, 9.17) is 0 Å². The zero-order valence-corrected chi connectivity index (χ0v) is 6.99. The van der Waals surface area contributed by atoms with E-state index in [-0.39, 0.29) is 11.8 Å². The van der Waals surface area contributed by atoms with Crippen LogP contribution in [0.3, 0.4) is 0 Å². The number of H-pyrrole nitrogens is 1. The minimum Gasteiger partial charge on any atom is -0.284 e. The predicted octanol–water partition coefficient (Wildman–Crippen LogP) is 0.453. The zero-order valence-electron chi connectivity index (χ0n) is 6.99. The van der Waals surface area contributed by atoms with Crippen molar-refractivity contribution in [2.75, 3.05) is 4.90 Å². The van der Waals surface area contributed by atoms with Crippen LogP contribution >= 0.6 is 0 Å². The molecule has 0 spiro atoms. The fourth-order valence-electron chi connectivity index (χ4n) is 1.41. The molecule has 1 aliphatic heterocycles. The molecule has 2 heterocycles. The van der Waals surface area contributed by atoms with E-state index in [0.717, 1.165) is 0 Å². The lowest BCUT2D eigenvalue weighted by atomic mass is 10.1. The smallest absolute Gasteiger partial charge is 0.233 e. The highest BCUT2D eigenvalue weighted by Crippen LogP contribution is 2.19. The van der Waals surface area contributed by atoms with E-state index in [0.29, 0.717) is 24.9 Å². The van der Waals surface area contributed by atoms with Crippen LogP contribution in [0, 0.1) is 0 Å². The Labute approximate surface area is 74.7 Å². The lowest BCUT2D eigenvalue weighted by Gasteiger charge is -2.22. The maximum Gasteiger partial charge on any atom is 0.233 e. The highest BCUT2D eigenvalue weighted by molar-refractivity contribution is 6.16. The van der Waals surface area contributed by atoms with Crippen molar-refractivity contribution in [1.82, 2.24) is 10.2 Å². The first-order valence-corrected chi connectivity index (χ1v) is 4.13. The van der Waals surface area contributed by atoms with Crippen LogP contribution in [-0.2, 0) is 9.59 Å². The van der Waals surface area contributed by atoms with Crippen molar-refractivity contribution in [3.05, 3.63) is 12.4 Å². The second kappa shape index (κ2) is 3.01. The Morgan fingerprint density at radius 2 is 2.00 bits per heavy atom. The third-order valence-corrected chi connectivity index (χ3v) is 2.02. The van der Waals surface area contributed by atoms with Gasteiger partial charge in [0.25, 0.3) is 0 Å². The number of rotatable bonds is 1. The molecule has 0 aliphatic carbocycles. The molecule has 13 heavy (non-hydrogen) atoms. The molecule has 68 valence electrons. The predicted molar refractivity (Wildman–Crippen MR) is 44.9 cm³/mol. The molecule has 0 radical (unpaired) electrons. The van der Waals surface area contributed by atoms with Gasteiger partial charge in [-0.3, -0.25) is 14.7 Å². The van der Waals surface area contributed by atoms with Crippen LogP contribution in [0.1, 0.15) is 19.3 Å². The van der Waals surface area contributed by atoms with Crippen LogP contribution in [0.25, 0.3) is 0 Å². The van der Waals surface area contributed by atoms with Crippen LogP contribution in [0.2, 0.25) is 0 Å². The van der Waals surface area contributed by atoms with Gasteiger partial charge >= 0.3 is 0 Å². The van der Waals surface area contributed by atoms with Crippen molar-refractivity contribution in [2.24, 2.45) is 0 Å². The van der Waals surface area contributed by atoms with E-state index in [1.807, 2.05) is 0 Å². The molecular weight excluding hydrogens is 170 g/mol. The molecule has 1 aliphatic rings. The molecule has 1 aromatic heterocycles. The van der Waals surface area contributed by atoms with Crippen molar-refractivity contribution >= 4 is 17.5 Å². The van der Waals surface area contributed by atoms with E-state index in [9.17, 15) is 9.59 Å². The largest absolute Gasteiger partial charge is 0.284 e. The summed E-state index contributed by atoms with van der Waals surface area (Å²) in [6.07, 6.45) is 4.56. The highest BCUT2D eigenvalue weighted by Gasteiger charge is 2.27. The van der Waals surface area contributed by atoms with Crippen molar-refractivity contribution in [3.63, 3.8) is 0 Å². The molecule has 5 nitrogen and oxygen atoms in total. The third kappa shape index (κ3) is 1.32. The van der Waals surface area contributed by atoms with Gasteiger partial charge in [-0.15, -0.1) is 0 Å². The number of imide groups is 1. The van der Waals surface area contributed by atoms with E-state index < -0.39 is 0 Å². The molecule has 1 N–H and O–H groups in total. The van der Waals surface area contributed by atoms with Crippen molar-refractivity contribution < 1.29 is 9.59 Å². The summed E-state index contributed by atoms with van der Waals surface area (Å²) in [4.78, 5) is 23.9. The fourth-order valence-corrected chi connectivity index (χ4v) is 1.41. The summed E-state index contributed by atoms with van der Waals surface area (Å²) in [7, 11) is 0. The summed E-state index contributed by atoms with van der Waals surface area (Å²) in [5.41, 5.74) is 0.537. The van der Waals surface area contributed by atoms with Gasteiger partial charge in [0.1, 0.15) is 0 Å². The maximum absolute atomic E-state index is 11.4. The maximum atomic E-state index is 11.4. The van der Waals surface area contributed by atoms with E-state index in [1.165, 1.54) is 11.1 Å². The van der Waals surface area contributed by atoms with Crippen LogP contribution in [0.5, 0.6) is 0 Å². The number of anilines is 1. The lowest BCUT2D eigenvalue weighted by molar-refractivity contribution is -0.129. The number of amides is 2. The molecule has 5 heteroatoms. The molecule has 2 amide bonds. The zero-order chi connectivity index (χ0) is 9.26. The van der Waals surface area contributed by atoms with Crippen LogP contribution < -0.4 is 4.90 Å². The molecule has 0 aromatic carbocycles. The van der Waals surface area contributed by atoms with E-state index >= 15 is 0 Å². The normalized spacial score (nSPS) is 18.0. The number of carbonyl (C=O) groups is 2. The Kier molecular flexibility index (Phi) is 1.84. The van der Waals surface area contributed by atoms with Gasteiger partial charge in [-0.05, 0) is 6.42 Å². The number of hydrogen-bond acceptors (Lipinski definition) is 3. The van der Waals surface area contributed by atoms with Crippen molar-refractivity contribution in [1.29, 1.82) is 0 Å². The van der Waals surface area contributed by atoms with Gasteiger partial charge in [-0.25, -0.2) is 4.90 Å². The standard InChI is InChI=1S/C8H9N3O2/c12-7-2-1-3-8(13)11(7)6-4-9-10-5-6/h4-5H,1-3H2,(H,9,10). The van der Waals surface area contributed by atoms with Crippen LogP contribution in [-0.4, -0.2) is 22.0 Å². The molecule has 0 unspecified atom stereocenters. The molecule has 1 fully saturated rings. The summed E-state index contributed by atoms with van der Waals surface area (Å²) >= 11 is 0. The van der Waals surface area contributed by atoms with Gasteiger partial charge in [0.15, 0.2) is 0 Å². The van der Waals surface area contributed by atoms with Gasteiger partial charge in [-0.1, -0.05) is 0 Å². The Morgan fingerprint density at radius 1 is 1.31 bits per heavy atom. The molecule has 0 bridgehead atoms. The molecule has 0 atom stereocenters. The van der Waals surface area contributed by atoms with Crippen LogP contribution in [0.4, 0.5) is 5.69 Å². The number of hydrogen-bond donors (Lipinski definition) is 1. The summed E-state index contributed by atoms with van der Waals surface area (Å²) in [5, 5.41) is 6.27. The average molecular weight is 179 g/mol. The Hall–Kier alpha value is -1.65. The van der Waals surface area contributed by atoms with Crippen molar-refractivity contribution in [2.45, 2.75) is 19.3 Å². The Bertz CT molecular complexity index is 315. The summed E-state index contributed by atoms with van der Waals surface area (Å²) < 4.78 is 0. The first-order chi connectivity index (χ1) is 6.29. The second-order valence-electron chi connectivity index (χ2n) is 2.93. The van der Waals surface area contributed by atoms with E-state index in [1.54, 1.807) is 6.20 Å². The summed E-state index contributed by atoms with van der Waals surface area (Å²) in [6, 6.07) is 0. The first kappa shape index (κ1) is 7.97. The quantitative estimate of drug-likeness (QED) is 0.636. The molecule has 2 rings (SSSR count). The number of nitrogens with one attached hydrogen (secondary N) is 1. The average Bonchev–Trinajstić information content (AvgIpc) is 2.57. The minimum atomic E-state index is -0.141. The van der Waals surface area contributed by atoms with Gasteiger partial charge < -0.3 is 0 Å². The van der Waals surface area contributed by atoms with Crippen molar-refractivity contribution in [3.8, 4) is 0 Å². The SMILES string of the molecule is O=C1CCCC(=O)N1c1cn[nH]c1. The number of piperidine rings is 1. The minimum absolute atomic E-state index is 0.141. The monoisotopic (exact) mass is 179 g/mol. The van der Waals surface area contributed by atoms with Gasteiger partial charge in [0.2, 0.25) is 11.8 Å². The van der Waals surface area contributed by atoms with Crippen LogP contribution in [0.15, 0.2) is 12.4 Å². The Morgan fingerprint density at radius 3 is 2.54 bits per heavy atom. The van der Waals surface area contributed by atoms with E-state index in [2.05, 4.69) is 10.2 Å². The molecule has 0 saturated carbocycles. The summed E-state index contributed by atoms with van der Waals surface area (Å²) in [6.45, 7) is 0. The van der Waals surface area contributed by atoms with Gasteiger partial charge in [0.05, 0.1) is 11.9 Å². The number of carbonyl (C=O) groups excluding carboxylic acids is 2. The Balaban J connectivity index is 2.29. The highest BCUT2D eigenvalue weighted by atomic mass is 16.2. The topological polar surface area (TPSA) is 66.1 Å². The molecular formula is C8H9N3O2. The number of nitrogens with zero attached hydrogens (tertiary/aromatic N) is 2. The third-order valence-electron chi connectivity index (χ3n) is 2.02. The number of aromatic amines is 1. The fraction of sp³-hybridized carbons (Fsp3) is 0.375. The molecule has 1 saturated heterocycles.